The summed E-state index contributed by atoms with van der Waals surface area (Å²) in [5.41, 5.74) is 1.48. The normalized spacial score (nSPS) is 12.3. The van der Waals surface area contributed by atoms with Gasteiger partial charge in [0.15, 0.2) is 6.10 Å². The van der Waals surface area contributed by atoms with Crippen LogP contribution in [0.3, 0.4) is 0 Å². The molecule has 2 rings (SSSR count). The molecule has 0 radical (unpaired) electrons. The van der Waals surface area contributed by atoms with Gasteiger partial charge in [-0.3, -0.25) is 9.52 Å². The van der Waals surface area contributed by atoms with Crippen molar-refractivity contribution in [3.63, 3.8) is 0 Å². The van der Waals surface area contributed by atoms with Crippen molar-refractivity contribution in [3.05, 3.63) is 59.2 Å². The number of hydrogen-bond donors (Lipinski definition) is 2. The first-order valence-electron chi connectivity index (χ1n) is 9.21. The Morgan fingerprint density at radius 3 is 2.31 bits per heavy atom. The van der Waals surface area contributed by atoms with Crippen LogP contribution in [0.5, 0.6) is 0 Å². The minimum Gasteiger partial charge on any atom is -0.449 e. The highest BCUT2D eigenvalue weighted by molar-refractivity contribution is 7.92. The van der Waals surface area contributed by atoms with Gasteiger partial charge in [0.1, 0.15) is 0 Å². The second-order valence-corrected chi connectivity index (χ2v) is 8.78. The molecule has 0 aromatic heterocycles. The van der Waals surface area contributed by atoms with Crippen molar-refractivity contribution < 1.29 is 22.7 Å². The maximum atomic E-state index is 12.9. The summed E-state index contributed by atoms with van der Waals surface area (Å²) >= 11 is 0. The zero-order valence-electron chi connectivity index (χ0n) is 17.1. The van der Waals surface area contributed by atoms with E-state index in [2.05, 4.69) is 10.0 Å². The standard InChI is InChI=1S/C21H26N2O5S/c1-13(2)22-20(24)16(5)28-21(25)17-8-6-7-9-18(17)23-29(26,27)19-12-14(3)10-11-15(19)4/h6-13,16,23H,1-5H3,(H,22,24). The number of hydrogen-bond acceptors (Lipinski definition) is 5. The predicted molar refractivity (Wildman–Crippen MR) is 111 cm³/mol. The number of sulfonamides is 1. The molecular weight excluding hydrogens is 392 g/mol. The maximum absolute atomic E-state index is 12.9. The topological polar surface area (TPSA) is 102 Å². The molecule has 0 fully saturated rings. The first-order chi connectivity index (χ1) is 13.5. The number of ether oxygens (including phenoxy) is 1. The fraction of sp³-hybridized carbons (Fsp3) is 0.333. The van der Waals surface area contributed by atoms with Gasteiger partial charge >= 0.3 is 5.97 Å². The molecule has 0 spiro atoms. The average molecular weight is 419 g/mol. The van der Waals surface area contributed by atoms with Gasteiger partial charge in [0.05, 0.1) is 16.1 Å². The van der Waals surface area contributed by atoms with Gasteiger partial charge < -0.3 is 10.1 Å². The molecule has 1 atom stereocenters. The molecule has 0 heterocycles. The fourth-order valence-electron chi connectivity index (χ4n) is 2.63. The molecule has 7 nitrogen and oxygen atoms in total. The summed E-state index contributed by atoms with van der Waals surface area (Å²) in [6.45, 7) is 8.54. The molecule has 0 aliphatic rings. The van der Waals surface area contributed by atoms with Crippen molar-refractivity contribution in [1.82, 2.24) is 5.32 Å². The van der Waals surface area contributed by atoms with Crippen molar-refractivity contribution in [2.45, 2.75) is 51.7 Å². The number of benzene rings is 2. The summed E-state index contributed by atoms with van der Waals surface area (Å²) in [7, 11) is -3.92. The van der Waals surface area contributed by atoms with E-state index < -0.39 is 28.0 Å². The Kier molecular flexibility index (Phi) is 7.02. The molecule has 0 saturated heterocycles. The third-order valence-corrected chi connectivity index (χ3v) is 5.62. The van der Waals surface area contributed by atoms with Crippen molar-refractivity contribution in [2.75, 3.05) is 4.72 Å². The summed E-state index contributed by atoms with van der Waals surface area (Å²) < 4.78 is 33.4. The average Bonchev–Trinajstić information content (AvgIpc) is 2.63. The zero-order chi connectivity index (χ0) is 21.8. The van der Waals surface area contributed by atoms with E-state index in [0.717, 1.165) is 5.56 Å². The number of carbonyl (C=O) groups excluding carboxylic acids is 2. The van der Waals surface area contributed by atoms with Crippen LogP contribution in [0, 0.1) is 13.8 Å². The van der Waals surface area contributed by atoms with Crippen LogP contribution >= 0.6 is 0 Å². The predicted octanol–water partition coefficient (Wildman–Crippen LogP) is 3.17. The van der Waals surface area contributed by atoms with Crippen LogP contribution in [0.15, 0.2) is 47.4 Å². The summed E-state index contributed by atoms with van der Waals surface area (Å²) in [5.74, 6) is -1.22. The summed E-state index contributed by atoms with van der Waals surface area (Å²) in [6.07, 6.45) is -1.02. The number of amides is 1. The number of para-hydroxylation sites is 1. The number of rotatable bonds is 7. The second kappa shape index (κ2) is 9.09. The van der Waals surface area contributed by atoms with Crippen LogP contribution in [0.25, 0.3) is 0 Å². The van der Waals surface area contributed by atoms with E-state index in [1.54, 1.807) is 52.0 Å². The lowest BCUT2D eigenvalue weighted by molar-refractivity contribution is -0.129. The van der Waals surface area contributed by atoms with E-state index >= 15 is 0 Å². The van der Waals surface area contributed by atoms with Gasteiger partial charge in [-0.25, -0.2) is 13.2 Å². The van der Waals surface area contributed by atoms with E-state index in [1.807, 2.05) is 6.07 Å². The molecule has 0 aliphatic heterocycles. The quantitative estimate of drug-likeness (QED) is 0.673. The first-order valence-corrected chi connectivity index (χ1v) is 10.7. The monoisotopic (exact) mass is 418 g/mol. The zero-order valence-corrected chi connectivity index (χ0v) is 18.0. The van der Waals surface area contributed by atoms with Crippen LogP contribution < -0.4 is 10.0 Å². The van der Waals surface area contributed by atoms with E-state index in [4.69, 9.17) is 4.74 Å². The molecular formula is C21H26N2O5S. The molecule has 156 valence electrons. The smallest absolute Gasteiger partial charge is 0.341 e. The first kappa shape index (κ1) is 22.4. The Balaban J connectivity index is 2.27. The van der Waals surface area contributed by atoms with E-state index in [1.165, 1.54) is 19.1 Å². The van der Waals surface area contributed by atoms with Gasteiger partial charge in [-0.15, -0.1) is 0 Å². The molecule has 2 aromatic rings. The Bertz CT molecular complexity index is 1020. The van der Waals surface area contributed by atoms with Gasteiger partial charge in [0, 0.05) is 6.04 Å². The molecule has 1 unspecified atom stereocenters. The van der Waals surface area contributed by atoms with Crippen LogP contribution in [0.4, 0.5) is 5.69 Å². The minimum atomic E-state index is -3.92. The number of anilines is 1. The lowest BCUT2D eigenvalue weighted by Crippen LogP contribution is -2.39. The molecule has 0 aliphatic carbocycles. The van der Waals surface area contributed by atoms with Crippen LogP contribution in [-0.4, -0.2) is 32.4 Å². The van der Waals surface area contributed by atoms with Crippen molar-refractivity contribution in [2.24, 2.45) is 0 Å². The minimum absolute atomic E-state index is 0.0191. The van der Waals surface area contributed by atoms with Gasteiger partial charge in [0.25, 0.3) is 15.9 Å². The highest BCUT2D eigenvalue weighted by Gasteiger charge is 2.24. The van der Waals surface area contributed by atoms with E-state index in [9.17, 15) is 18.0 Å². The van der Waals surface area contributed by atoms with Crippen LogP contribution in [0.2, 0.25) is 0 Å². The largest absolute Gasteiger partial charge is 0.449 e. The van der Waals surface area contributed by atoms with Crippen LogP contribution in [-0.2, 0) is 19.6 Å². The van der Waals surface area contributed by atoms with Gasteiger partial charge in [-0.05, 0) is 63.9 Å². The van der Waals surface area contributed by atoms with E-state index in [0.29, 0.717) is 5.56 Å². The molecule has 2 N–H and O–H groups in total. The Hall–Kier alpha value is -2.87. The summed E-state index contributed by atoms with van der Waals surface area (Å²) in [4.78, 5) is 24.7. The molecule has 1 amide bonds. The van der Waals surface area contributed by atoms with Crippen molar-refractivity contribution in [3.8, 4) is 0 Å². The van der Waals surface area contributed by atoms with Gasteiger partial charge in [-0.1, -0.05) is 24.3 Å². The summed E-state index contributed by atoms with van der Waals surface area (Å²) in [5, 5.41) is 2.66. The number of nitrogens with one attached hydrogen (secondary N) is 2. The van der Waals surface area contributed by atoms with Gasteiger partial charge in [0.2, 0.25) is 0 Å². The lowest BCUT2D eigenvalue weighted by atomic mass is 10.2. The number of esters is 1. The third kappa shape index (κ3) is 5.80. The fourth-order valence-corrected chi connectivity index (χ4v) is 4.04. The van der Waals surface area contributed by atoms with E-state index in [-0.39, 0.29) is 22.2 Å². The molecule has 29 heavy (non-hydrogen) atoms. The Labute approximate surface area is 171 Å². The SMILES string of the molecule is Cc1ccc(C)c(S(=O)(=O)Nc2ccccc2C(=O)OC(C)C(=O)NC(C)C)c1. The number of carbonyl (C=O) groups is 2. The Morgan fingerprint density at radius 1 is 1.00 bits per heavy atom. The lowest BCUT2D eigenvalue weighted by Gasteiger charge is -2.17. The van der Waals surface area contributed by atoms with Crippen LogP contribution in [0.1, 0.15) is 42.3 Å². The highest BCUT2D eigenvalue weighted by atomic mass is 32.2. The Morgan fingerprint density at radius 2 is 1.66 bits per heavy atom. The van der Waals surface area contributed by atoms with Crippen molar-refractivity contribution in [1.29, 1.82) is 0 Å². The molecule has 0 saturated carbocycles. The molecule has 0 bridgehead atoms. The van der Waals surface area contributed by atoms with Crippen molar-refractivity contribution >= 4 is 27.6 Å². The summed E-state index contributed by atoms with van der Waals surface area (Å²) in [6, 6.07) is 11.1. The maximum Gasteiger partial charge on any atom is 0.341 e. The van der Waals surface area contributed by atoms with Gasteiger partial charge in [-0.2, -0.15) is 0 Å². The highest BCUT2D eigenvalue weighted by Crippen LogP contribution is 2.24. The molecule has 8 heteroatoms. The second-order valence-electron chi connectivity index (χ2n) is 7.13. The third-order valence-electron chi connectivity index (χ3n) is 4.11. The molecule has 2 aromatic carbocycles. The number of aryl methyl sites for hydroxylation is 2.